The van der Waals surface area contributed by atoms with Crippen molar-refractivity contribution in [3.63, 3.8) is 0 Å². The topological polar surface area (TPSA) is 58.0 Å². The number of hydrogen-bond acceptors (Lipinski definition) is 4. The number of fused-ring (bicyclic) bond motifs is 1. The van der Waals surface area contributed by atoms with Crippen molar-refractivity contribution >= 4 is 10.9 Å². The maximum Gasteiger partial charge on any atom is 0.0921 e. The molecule has 0 fully saturated rings. The van der Waals surface area contributed by atoms with Crippen LogP contribution in [-0.2, 0) is 6.42 Å². The molecule has 0 aliphatic carbocycles. The maximum atomic E-state index is 10.6. The average Bonchev–Trinajstić information content (AvgIpc) is 2.59. The summed E-state index contributed by atoms with van der Waals surface area (Å²) in [7, 11) is 0. The van der Waals surface area contributed by atoms with E-state index < -0.39 is 6.10 Å². The van der Waals surface area contributed by atoms with Gasteiger partial charge in [-0.1, -0.05) is 24.3 Å². The van der Waals surface area contributed by atoms with E-state index >= 15 is 0 Å². The highest BCUT2D eigenvalue weighted by atomic mass is 16.3. The van der Waals surface area contributed by atoms with E-state index in [-0.39, 0.29) is 0 Å². The van der Waals surface area contributed by atoms with Crippen molar-refractivity contribution in [1.29, 1.82) is 0 Å². The highest BCUT2D eigenvalue weighted by molar-refractivity contribution is 5.85. The van der Waals surface area contributed by atoms with E-state index in [0.29, 0.717) is 6.54 Å². The van der Waals surface area contributed by atoms with Crippen LogP contribution >= 0.6 is 0 Å². The number of pyridine rings is 2. The van der Waals surface area contributed by atoms with Crippen molar-refractivity contribution in [2.75, 3.05) is 13.1 Å². The molecule has 3 aromatic rings. The zero-order valence-corrected chi connectivity index (χ0v) is 14.2. The van der Waals surface area contributed by atoms with E-state index in [0.717, 1.165) is 40.7 Å². The number of nitrogens with one attached hydrogen (secondary N) is 1. The SMILES string of the molecule is Cc1cc(C(O)CNCCc2cccnc2)c2cccc(C)c2n1. The van der Waals surface area contributed by atoms with Crippen molar-refractivity contribution in [2.45, 2.75) is 26.4 Å². The lowest BCUT2D eigenvalue weighted by Crippen LogP contribution is -2.24. The van der Waals surface area contributed by atoms with Crippen molar-refractivity contribution in [1.82, 2.24) is 15.3 Å². The highest BCUT2D eigenvalue weighted by Gasteiger charge is 2.13. The van der Waals surface area contributed by atoms with Crippen molar-refractivity contribution < 1.29 is 5.11 Å². The molecule has 0 saturated carbocycles. The van der Waals surface area contributed by atoms with Gasteiger partial charge in [-0.05, 0) is 55.6 Å². The van der Waals surface area contributed by atoms with Gasteiger partial charge in [0.15, 0.2) is 0 Å². The number of aromatic nitrogens is 2. The number of aryl methyl sites for hydroxylation is 2. The summed E-state index contributed by atoms with van der Waals surface area (Å²) < 4.78 is 0. The quantitative estimate of drug-likeness (QED) is 0.685. The summed E-state index contributed by atoms with van der Waals surface area (Å²) in [5, 5.41) is 15.0. The van der Waals surface area contributed by atoms with Gasteiger partial charge < -0.3 is 10.4 Å². The van der Waals surface area contributed by atoms with Gasteiger partial charge in [0.05, 0.1) is 11.6 Å². The fraction of sp³-hybridized carbons (Fsp3) is 0.300. The lowest BCUT2D eigenvalue weighted by molar-refractivity contribution is 0.176. The lowest BCUT2D eigenvalue weighted by atomic mass is 10.0. The molecule has 0 aliphatic heterocycles. The van der Waals surface area contributed by atoms with Gasteiger partial charge in [0.2, 0.25) is 0 Å². The molecule has 1 aromatic carbocycles. The average molecular weight is 321 g/mol. The van der Waals surface area contributed by atoms with Crippen LogP contribution in [-0.4, -0.2) is 28.2 Å². The first-order chi connectivity index (χ1) is 11.6. The monoisotopic (exact) mass is 321 g/mol. The smallest absolute Gasteiger partial charge is 0.0921 e. The Morgan fingerprint density at radius 1 is 1.17 bits per heavy atom. The first-order valence-electron chi connectivity index (χ1n) is 8.29. The van der Waals surface area contributed by atoms with Crippen LogP contribution in [0.4, 0.5) is 0 Å². The van der Waals surface area contributed by atoms with Gasteiger partial charge in [-0.3, -0.25) is 9.97 Å². The normalized spacial score (nSPS) is 12.5. The molecule has 0 radical (unpaired) electrons. The minimum absolute atomic E-state index is 0.521. The van der Waals surface area contributed by atoms with E-state index in [1.54, 1.807) is 6.20 Å². The van der Waals surface area contributed by atoms with Crippen molar-refractivity contribution in [3.05, 3.63) is 71.2 Å². The Balaban J connectivity index is 1.68. The molecule has 0 bridgehead atoms. The van der Waals surface area contributed by atoms with E-state index in [1.807, 2.05) is 37.4 Å². The fourth-order valence-corrected chi connectivity index (χ4v) is 2.95. The molecule has 4 nitrogen and oxygen atoms in total. The molecule has 3 rings (SSSR count). The second-order valence-electron chi connectivity index (χ2n) is 6.16. The van der Waals surface area contributed by atoms with E-state index in [4.69, 9.17) is 0 Å². The summed E-state index contributed by atoms with van der Waals surface area (Å²) in [5.41, 5.74) is 5.17. The maximum absolute atomic E-state index is 10.6. The molecule has 1 atom stereocenters. The number of benzene rings is 1. The molecule has 0 spiro atoms. The number of aliphatic hydroxyl groups excluding tert-OH is 1. The minimum atomic E-state index is -0.551. The second-order valence-corrected chi connectivity index (χ2v) is 6.16. The third kappa shape index (κ3) is 3.78. The molecular formula is C20H23N3O. The summed E-state index contributed by atoms with van der Waals surface area (Å²) in [5.74, 6) is 0. The number of nitrogens with zero attached hydrogens (tertiary/aromatic N) is 2. The first-order valence-corrected chi connectivity index (χ1v) is 8.29. The molecule has 0 aliphatic rings. The summed E-state index contributed by atoms with van der Waals surface area (Å²) in [6, 6.07) is 12.1. The van der Waals surface area contributed by atoms with Gasteiger partial charge in [-0.15, -0.1) is 0 Å². The van der Waals surface area contributed by atoms with Gasteiger partial charge in [0.1, 0.15) is 0 Å². The van der Waals surface area contributed by atoms with E-state index in [9.17, 15) is 5.11 Å². The van der Waals surface area contributed by atoms with Crippen LogP contribution in [0.15, 0.2) is 48.8 Å². The molecular weight excluding hydrogens is 298 g/mol. The van der Waals surface area contributed by atoms with Crippen LogP contribution in [0.25, 0.3) is 10.9 Å². The van der Waals surface area contributed by atoms with Gasteiger partial charge in [-0.2, -0.15) is 0 Å². The third-order valence-corrected chi connectivity index (χ3v) is 4.21. The largest absolute Gasteiger partial charge is 0.387 e. The Bertz CT molecular complexity index is 818. The van der Waals surface area contributed by atoms with Gasteiger partial charge in [0, 0.05) is 30.0 Å². The minimum Gasteiger partial charge on any atom is -0.387 e. The number of para-hydroxylation sites is 1. The predicted octanol–water partition coefficient (Wildman–Crippen LogP) is 3.11. The highest BCUT2D eigenvalue weighted by Crippen LogP contribution is 2.26. The Kier molecular flexibility index (Phi) is 5.18. The molecule has 2 heterocycles. The zero-order valence-electron chi connectivity index (χ0n) is 14.2. The zero-order chi connectivity index (χ0) is 16.9. The van der Waals surface area contributed by atoms with Gasteiger partial charge in [-0.25, -0.2) is 0 Å². The van der Waals surface area contributed by atoms with Crippen molar-refractivity contribution in [2.24, 2.45) is 0 Å². The molecule has 4 heteroatoms. The van der Waals surface area contributed by atoms with Crippen molar-refractivity contribution in [3.8, 4) is 0 Å². The summed E-state index contributed by atoms with van der Waals surface area (Å²) in [6.07, 6.45) is 4.00. The summed E-state index contributed by atoms with van der Waals surface area (Å²) in [6.45, 7) is 5.35. The summed E-state index contributed by atoms with van der Waals surface area (Å²) >= 11 is 0. The molecule has 2 N–H and O–H groups in total. The van der Waals surface area contributed by atoms with Crippen LogP contribution in [0.5, 0.6) is 0 Å². The lowest BCUT2D eigenvalue weighted by Gasteiger charge is -2.16. The van der Waals surface area contributed by atoms with Crippen LogP contribution in [0.3, 0.4) is 0 Å². The standard InChI is InChI=1S/C20H23N3O/c1-14-5-3-7-17-18(11-15(2)23-20(14)17)19(24)13-22-10-8-16-6-4-9-21-12-16/h3-7,9,11-12,19,22,24H,8,10,13H2,1-2H3. The Hall–Kier alpha value is -2.30. The van der Waals surface area contributed by atoms with Gasteiger partial charge in [0.25, 0.3) is 0 Å². The summed E-state index contributed by atoms with van der Waals surface area (Å²) in [4.78, 5) is 8.73. The molecule has 0 amide bonds. The Morgan fingerprint density at radius 2 is 2.04 bits per heavy atom. The van der Waals surface area contributed by atoms with Crippen LogP contribution in [0, 0.1) is 13.8 Å². The first kappa shape index (κ1) is 16.6. The number of rotatable bonds is 6. The van der Waals surface area contributed by atoms with Gasteiger partial charge >= 0.3 is 0 Å². The number of hydrogen-bond donors (Lipinski definition) is 2. The van der Waals surface area contributed by atoms with Crippen LogP contribution in [0.1, 0.15) is 28.5 Å². The Morgan fingerprint density at radius 3 is 2.83 bits per heavy atom. The van der Waals surface area contributed by atoms with E-state index in [2.05, 4.69) is 34.3 Å². The van der Waals surface area contributed by atoms with Crippen LogP contribution < -0.4 is 5.32 Å². The molecule has 0 saturated heterocycles. The molecule has 24 heavy (non-hydrogen) atoms. The predicted molar refractivity (Wildman–Crippen MR) is 97.0 cm³/mol. The molecule has 1 unspecified atom stereocenters. The second kappa shape index (κ2) is 7.51. The third-order valence-electron chi connectivity index (χ3n) is 4.21. The molecule has 2 aromatic heterocycles. The molecule has 124 valence electrons. The fourth-order valence-electron chi connectivity index (χ4n) is 2.95. The number of aliphatic hydroxyl groups is 1. The Labute approximate surface area is 142 Å². The van der Waals surface area contributed by atoms with E-state index in [1.165, 1.54) is 5.56 Å². The van der Waals surface area contributed by atoms with Crippen LogP contribution in [0.2, 0.25) is 0 Å².